The molecule has 2 aromatic rings. The topological polar surface area (TPSA) is 17.1 Å². The Labute approximate surface area is 117 Å². The molecular weight excluding hydrogens is 263 g/mol. The van der Waals surface area contributed by atoms with E-state index in [1.807, 2.05) is 0 Å². The van der Waals surface area contributed by atoms with Gasteiger partial charge in [-0.25, -0.2) is 4.39 Å². The van der Waals surface area contributed by atoms with Gasteiger partial charge in [0, 0.05) is 5.02 Å². The quantitative estimate of drug-likeness (QED) is 0.766. The van der Waals surface area contributed by atoms with Gasteiger partial charge in [0.05, 0.1) is 5.41 Å². The molecule has 98 valence electrons. The zero-order valence-corrected chi connectivity index (χ0v) is 11.3. The predicted molar refractivity (Wildman–Crippen MR) is 75.0 cm³/mol. The third kappa shape index (κ3) is 3.02. The highest BCUT2D eigenvalue weighted by atomic mass is 35.5. The van der Waals surface area contributed by atoms with Crippen molar-refractivity contribution in [3.63, 3.8) is 0 Å². The molecule has 0 aliphatic carbocycles. The largest absolute Gasteiger partial charge is 0.302 e. The molecule has 3 heteroatoms. The second kappa shape index (κ2) is 5.54. The third-order valence-corrected chi connectivity index (χ3v) is 3.53. The van der Waals surface area contributed by atoms with Crippen LogP contribution in [-0.4, -0.2) is 6.29 Å². The first-order chi connectivity index (χ1) is 9.05. The fraction of sp³-hybridized carbons (Fsp3) is 0.188. The monoisotopic (exact) mass is 276 g/mol. The maximum atomic E-state index is 13.7. The number of carbonyl (C=O) groups excluding carboxylic acids is 1. The molecule has 1 atom stereocenters. The Morgan fingerprint density at radius 2 is 1.79 bits per heavy atom. The summed E-state index contributed by atoms with van der Waals surface area (Å²) >= 11 is 5.84. The van der Waals surface area contributed by atoms with Crippen LogP contribution in [0.5, 0.6) is 0 Å². The molecule has 0 saturated carbocycles. The molecule has 0 amide bonds. The summed E-state index contributed by atoms with van der Waals surface area (Å²) in [6.45, 7) is 1.80. The molecule has 1 nitrogen and oxygen atoms in total. The van der Waals surface area contributed by atoms with Crippen molar-refractivity contribution < 1.29 is 9.18 Å². The third-order valence-electron chi connectivity index (χ3n) is 3.28. The van der Waals surface area contributed by atoms with E-state index in [1.165, 1.54) is 6.07 Å². The predicted octanol–water partition coefficient (Wildman–Crippen LogP) is 4.18. The summed E-state index contributed by atoms with van der Waals surface area (Å²) in [5.74, 6) is -0.287. The van der Waals surface area contributed by atoms with Crippen molar-refractivity contribution >= 4 is 17.9 Å². The van der Waals surface area contributed by atoms with Crippen molar-refractivity contribution in [2.75, 3.05) is 0 Å². The van der Waals surface area contributed by atoms with Crippen molar-refractivity contribution in [3.8, 4) is 0 Å². The van der Waals surface area contributed by atoms with Gasteiger partial charge in [-0.15, -0.1) is 0 Å². The molecule has 1 unspecified atom stereocenters. The summed E-state index contributed by atoms with van der Waals surface area (Å²) < 4.78 is 13.7. The van der Waals surface area contributed by atoms with Crippen LogP contribution in [0.1, 0.15) is 18.1 Å². The average Bonchev–Trinajstić information content (AvgIpc) is 2.42. The van der Waals surface area contributed by atoms with Crippen LogP contribution in [0, 0.1) is 5.82 Å². The number of benzene rings is 2. The minimum Gasteiger partial charge on any atom is -0.302 e. The van der Waals surface area contributed by atoms with Gasteiger partial charge >= 0.3 is 0 Å². The summed E-state index contributed by atoms with van der Waals surface area (Å²) in [6, 6.07) is 13.6. The second-order valence-corrected chi connectivity index (χ2v) is 5.25. The molecule has 0 aromatic heterocycles. The van der Waals surface area contributed by atoms with Crippen molar-refractivity contribution in [3.05, 3.63) is 70.5 Å². The van der Waals surface area contributed by atoms with Gasteiger partial charge < -0.3 is 4.79 Å². The Balaban J connectivity index is 2.35. The number of aldehydes is 1. The molecule has 0 bridgehead atoms. The minimum atomic E-state index is -0.757. The standard InChI is InChI=1S/C16H14ClFO/c1-16(11-19,13-6-8-14(17)9-7-13)10-12-4-2-3-5-15(12)18/h2-9,11H,10H2,1H3. The van der Waals surface area contributed by atoms with E-state index in [0.717, 1.165) is 11.8 Å². The van der Waals surface area contributed by atoms with Gasteiger partial charge in [-0.05, 0) is 42.7 Å². The van der Waals surface area contributed by atoms with Crippen LogP contribution in [0.2, 0.25) is 5.02 Å². The lowest BCUT2D eigenvalue weighted by Crippen LogP contribution is -2.27. The Morgan fingerprint density at radius 3 is 2.37 bits per heavy atom. The van der Waals surface area contributed by atoms with Gasteiger partial charge in [-0.3, -0.25) is 0 Å². The lowest BCUT2D eigenvalue weighted by atomic mass is 9.78. The van der Waals surface area contributed by atoms with Crippen molar-refractivity contribution in [2.45, 2.75) is 18.8 Å². The number of hydrogen-bond acceptors (Lipinski definition) is 1. The summed E-state index contributed by atoms with van der Waals surface area (Å²) in [6.07, 6.45) is 1.19. The number of carbonyl (C=O) groups is 1. The van der Waals surface area contributed by atoms with Gasteiger partial charge in [-0.2, -0.15) is 0 Å². The molecule has 0 heterocycles. The minimum absolute atomic E-state index is 0.287. The number of halogens is 2. The SMILES string of the molecule is CC(C=O)(Cc1ccccc1F)c1ccc(Cl)cc1. The molecular formula is C16H14ClFO. The Hall–Kier alpha value is -1.67. The highest BCUT2D eigenvalue weighted by molar-refractivity contribution is 6.30. The van der Waals surface area contributed by atoms with Crippen molar-refractivity contribution in [1.82, 2.24) is 0 Å². The zero-order chi connectivity index (χ0) is 13.9. The Morgan fingerprint density at radius 1 is 1.16 bits per heavy atom. The maximum absolute atomic E-state index is 13.7. The van der Waals surface area contributed by atoms with Crippen molar-refractivity contribution in [1.29, 1.82) is 0 Å². The highest BCUT2D eigenvalue weighted by Crippen LogP contribution is 2.28. The average molecular weight is 277 g/mol. The molecule has 2 aromatic carbocycles. The maximum Gasteiger partial charge on any atom is 0.130 e. The molecule has 0 radical (unpaired) electrons. The number of rotatable bonds is 4. The van der Waals surface area contributed by atoms with E-state index in [0.29, 0.717) is 17.0 Å². The van der Waals surface area contributed by atoms with Crippen LogP contribution in [0.3, 0.4) is 0 Å². The normalized spacial score (nSPS) is 13.8. The van der Waals surface area contributed by atoms with E-state index >= 15 is 0 Å². The fourth-order valence-corrected chi connectivity index (χ4v) is 2.21. The lowest BCUT2D eigenvalue weighted by molar-refractivity contribution is -0.112. The fourth-order valence-electron chi connectivity index (χ4n) is 2.08. The molecule has 0 fully saturated rings. The Bertz CT molecular complexity index is 580. The van der Waals surface area contributed by atoms with Crippen LogP contribution in [0.4, 0.5) is 4.39 Å². The molecule has 2 rings (SSSR count). The molecule has 0 aliphatic heterocycles. The van der Waals surface area contributed by atoms with Crippen LogP contribution in [0.25, 0.3) is 0 Å². The van der Waals surface area contributed by atoms with E-state index in [1.54, 1.807) is 49.4 Å². The smallest absolute Gasteiger partial charge is 0.130 e. The molecule has 0 N–H and O–H groups in total. The summed E-state index contributed by atoms with van der Waals surface area (Å²) in [7, 11) is 0. The van der Waals surface area contributed by atoms with Crippen LogP contribution in [-0.2, 0) is 16.6 Å². The molecule has 19 heavy (non-hydrogen) atoms. The van der Waals surface area contributed by atoms with E-state index in [9.17, 15) is 9.18 Å². The van der Waals surface area contributed by atoms with Gasteiger partial charge in [0.25, 0.3) is 0 Å². The van der Waals surface area contributed by atoms with Gasteiger partial charge in [0.15, 0.2) is 0 Å². The lowest BCUT2D eigenvalue weighted by Gasteiger charge is -2.24. The van der Waals surface area contributed by atoms with Crippen molar-refractivity contribution in [2.24, 2.45) is 0 Å². The van der Waals surface area contributed by atoms with Gasteiger partial charge in [0.1, 0.15) is 12.1 Å². The highest BCUT2D eigenvalue weighted by Gasteiger charge is 2.27. The molecule has 0 aliphatic rings. The first-order valence-electron chi connectivity index (χ1n) is 6.01. The molecule has 0 saturated heterocycles. The van der Waals surface area contributed by atoms with E-state index in [-0.39, 0.29) is 5.82 Å². The molecule has 0 spiro atoms. The van der Waals surface area contributed by atoms with Gasteiger partial charge in [0.2, 0.25) is 0 Å². The van der Waals surface area contributed by atoms with Crippen LogP contribution < -0.4 is 0 Å². The first-order valence-corrected chi connectivity index (χ1v) is 6.39. The zero-order valence-electron chi connectivity index (χ0n) is 10.6. The summed E-state index contributed by atoms with van der Waals surface area (Å²) in [5.41, 5.74) is 0.606. The summed E-state index contributed by atoms with van der Waals surface area (Å²) in [5, 5.41) is 0.614. The first kappa shape index (κ1) is 13.8. The summed E-state index contributed by atoms with van der Waals surface area (Å²) in [4.78, 5) is 11.5. The Kier molecular flexibility index (Phi) is 4.01. The van der Waals surface area contributed by atoms with E-state index < -0.39 is 5.41 Å². The number of hydrogen-bond donors (Lipinski definition) is 0. The van der Waals surface area contributed by atoms with Crippen LogP contribution >= 0.6 is 11.6 Å². The second-order valence-electron chi connectivity index (χ2n) is 4.81. The van der Waals surface area contributed by atoms with Gasteiger partial charge in [-0.1, -0.05) is 41.9 Å². The van der Waals surface area contributed by atoms with E-state index in [4.69, 9.17) is 11.6 Å². The van der Waals surface area contributed by atoms with Crippen LogP contribution in [0.15, 0.2) is 48.5 Å². The van der Waals surface area contributed by atoms with E-state index in [2.05, 4.69) is 0 Å².